The molecular formula is C26H23BrN6O2. The highest BCUT2D eigenvalue weighted by Gasteiger charge is 2.13. The maximum atomic E-state index is 5.56. The molecule has 0 aliphatic rings. The van der Waals surface area contributed by atoms with E-state index in [4.69, 9.17) is 14.6 Å². The molecule has 0 saturated heterocycles. The summed E-state index contributed by atoms with van der Waals surface area (Å²) >= 11 is 3.54. The molecule has 2 aromatic carbocycles. The zero-order valence-corrected chi connectivity index (χ0v) is 20.9. The lowest BCUT2D eigenvalue weighted by Crippen LogP contribution is -2.00. The van der Waals surface area contributed by atoms with Crippen molar-refractivity contribution in [3.8, 4) is 17.0 Å². The molecule has 5 aromatic rings. The molecule has 3 heterocycles. The molecule has 0 fully saturated rings. The molecule has 8 nitrogen and oxygen atoms in total. The predicted octanol–water partition coefficient (Wildman–Crippen LogP) is 5.27. The summed E-state index contributed by atoms with van der Waals surface area (Å²) in [5.74, 6) is 0.822. The van der Waals surface area contributed by atoms with Crippen LogP contribution >= 0.6 is 15.9 Å². The Morgan fingerprint density at radius 3 is 2.57 bits per heavy atom. The molecule has 0 aliphatic heterocycles. The number of aromatic nitrogens is 5. The Hall–Kier alpha value is -3.98. The van der Waals surface area contributed by atoms with E-state index in [9.17, 15) is 0 Å². The van der Waals surface area contributed by atoms with Crippen LogP contribution in [-0.2, 0) is 18.0 Å². The van der Waals surface area contributed by atoms with Crippen LogP contribution in [0.2, 0.25) is 0 Å². The number of aryl methyl sites for hydroxylation is 1. The molecule has 0 spiro atoms. The van der Waals surface area contributed by atoms with E-state index < -0.39 is 0 Å². The van der Waals surface area contributed by atoms with Crippen LogP contribution in [-0.4, -0.2) is 37.7 Å². The van der Waals surface area contributed by atoms with Crippen molar-refractivity contribution >= 4 is 27.8 Å². The number of methoxy groups -OCH3 is 1. The molecule has 35 heavy (non-hydrogen) atoms. The second-order valence-corrected chi connectivity index (χ2v) is 8.97. The molecule has 0 amide bonds. The third-order valence-electron chi connectivity index (χ3n) is 5.50. The third kappa shape index (κ3) is 5.25. The molecule has 0 unspecified atom stereocenters. The number of imidazole rings is 1. The molecule has 0 N–H and O–H groups in total. The lowest BCUT2D eigenvalue weighted by molar-refractivity contribution is 0.129. The zero-order chi connectivity index (χ0) is 24.2. The van der Waals surface area contributed by atoms with E-state index in [2.05, 4.69) is 62.6 Å². The van der Waals surface area contributed by atoms with Gasteiger partial charge < -0.3 is 9.57 Å². The van der Waals surface area contributed by atoms with Gasteiger partial charge in [0.2, 0.25) is 0 Å². The quantitative estimate of drug-likeness (QED) is 0.201. The van der Waals surface area contributed by atoms with Crippen molar-refractivity contribution in [1.82, 2.24) is 24.4 Å². The fraction of sp³-hybridized carbons (Fsp3) is 0.154. The van der Waals surface area contributed by atoms with Crippen LogP contribution in [0.1, 0.15) is 22.5 Å². The Morgan fingerprint density at radius 1 is 1.00 bits per heavy atom. The first-order valence-electron chi connectivity index (χ1n) is 11.0. The van der Waals surface area contributed by atoms with Gasteiger partial charge in [-0.25, -0.2) is 9.67 Å². The minimum absolute atomic E-state index is 0.208. The molecule has 0 radical (unpaired) electrons. The molecule has 0 bridgehead atoms. The Labute approximate surface area is 211 Å². The minimum atomic E-state index is 0.208. The SMILES string of the molecule is COc1ccc(Cn2cc(CO/N=C/c3c(-c4ccc(C)cc4)nc4ccc(Br)cn34)nn2)cc1. The average molecular weight is 531 g/mol. The van der Waals surface area contributed by atoms with Crippen molar-refractivity contribution in [2.24, 2.45) is 5.16 Å². The number of hydrogen-bond donors (Lipinski definition) is 0. The van der Waals surface area contributed by atoms with Crippen molar-refractivity contribution in [1.29, 1.82) is 0 Å². The van der Waals surface area contributed by atoms with Gasteiger partial charge in [-0.2, -0.15) is 0 Å². The first kappa shape index (κ1) is 22.8. The maximum absolute atomic E-state index is 5.56. The summed E-state index contributed by atoms with van der Waals surface area (Å²) in [5.41, 5.74) is 6.48. The maximum Gasteiger partial charge on any atom is 0.162 e. The van der Waals surface area contributed by atoms with Crippen molar-refractivity contribution in [3.63, 3.8) is 0 Å². The highest BCUT2D eigenvalue weighted by atomic mass is 79.9. The van der Waals surface area contributed by atoms with Crippen LogP contribution in [0.5, 0.6) is 5.75 Å². The van der Waals surface area contributed by atoms with Crippen LogP contribution in [0.15, 0.2) is 82.7 Å². The lowest BCUT2D eigenvalue weighted by Gasteiger charge is -2.03. The van der Waals surface area contributed by atoms with E-state index in [1.807, 2.05) is 53.2 Å². The van der Waals surface area contributed by atoms with Crippen LogP contribution in [0.3, 0.4) is 0 Å². The molecule has 176 valence electrons. The number of ether oxygens (including phenoxy) is 1. The number of fused-ring (bicyclic) bond motifs is 1. The third-order valence-corrected chi connectivity index (χ3v) is 5.97. The average Bonchev–Trinajstić information content (AvgIpc) is 3.47. The van der Waals surface area contributed by atoms with Crippen LogP contribution in [0.4, 0.5) is 0 Å². The summed E-state index contributed by atoms with van der Waals surface area (Å²) < 4.78 is 9.89. The van der Waals surface area contributed by atoms with Gasteiger partial charge >= 0.3 is 0 Å². The largest absolute Gasteiger partial charge is 0.497 e. The van der Waals surface area contributed by atoms with Gasteiger partial charge in [-0.05, 0) is 52.7 Å². The van der Waals surface area contributed by atoms with Gasteiger partial charge in [0.15, 0.2) is 6.61 Å². The van der Waals surface area contributed by atoms with Crippen molar-refractivity contribution in [3.05, 3.63) is 100 Å². The molecule has 5 rings (SSSR count). The summed E-state index contributed by atoms with van der Waals surface area (Å²) in [4.78, 5) is 10.4. The smallest absolute Gasteiger partial charge is 0.162 e. The lowest BCUT2D eigenvalue weighted by atomic mass is 10.1. The number of nitrogens with zero attached hydrogens (tertiary/aromatic N) is 6. The molecule has 0 aliphatic carbocycles. The topological polar surface area (TPSA) is 78.8 Å². The normalized spacial score (nSPS) is 11.4. The van der Waals surface area contributed by atoms with Crippen molar-refractivity contribution < 1.29 is 9.57 Å². The monoisotopic (exact) mass is 530 g/mol. The standard InChI is InChI=1S/C26H23BrN6O2/c1-18-3-7-20(8-4-18)26-24(33-15-21(27)9-12-25(33)29-26)13-28-35-17-22-16-32(31-30-22)14-19-5-10-23(34-2)11-6-19/h3-13,15-16H,14,17H2,1-2H3/b28-13+. The van der Waals surface area contributed by atoms with Crippen molar-refractivity contribution in [2.75, 3.05) is 7.11 Å². The second-order valence-electron chi connectivity index (χ2n) is 8.05. The highest BCUT2D eigenvalue weighted by molar-refractivity contribution is 9.10. The van der Waals surface area contributed by atoms with Gasteiger partial charge in [0.25, 0.3) is 0 Å². The van der Waals surface area contributed by atoms with Gasteiger partial charge in [0.05, 0.1) is 37.5 Å². The summed E-state index contributed by atoms with van der Waals surface area (Å²) in [5, 5.41) is 12.6. The van der Waals surface area contributed by atoms with Crippen LogP contribution < -0.4 is 4.74 Å². The molecule has 0 atom stereocenters. The summed E-state index contributed by atoms with van der Waals surface area (Å²) in [6.45, 7) is 2.88. The Morgan fingerprint density at radius 2 is 1.80 bits per heavy atom. The number of oxime groups is 1. The van der Waals surface area contributed by atoms with Crippen LogP contribution in [0.25, 0.3) is 16.9 Å². The minimum Gasteiger partial charge on any atom is -0.497 e. The Bertz CT molecular complexity index is 1470. The van der Waals surface area contributed by atoms with Gasteiger partial charge in [-0.15, -0.1) is 5.10 Å². The molecule has 9 heteroatoms. The van der Waals surface area contributed by atoms with Gasteiger partial charge in [0, 0.05) is 16.2 Å². The Balaban J connectivity index is 1.30. The second kappa shape index (κ2) is 10.1. The van der Waals surface area contributed by atoms with Crippen molar-refractivity contribution in [2.45, 2.75) is 20.1 Å². The van der Waals surface area contributed by atoms with Gasteiger partial charge in [0.1, 0.15) is 17.1 Å². The van der Waals surface area contributed by atoms with E-state index in [0.29, 0.717) is 12.2 Å². The first-order chi connectivity index (χ1) is 17.1. The summed E-state index contributed by atoms with van der Waals surface area (Å²) in [6.07, 6.45) is 5.50. The number of halogens is 1. The van der Waals surface area contributed by atoms with Crippen LogP contribution in [0, 0.1) is 6.92 Å². The number of benzene rings is 2. The fourth-order valence-electron chi connectivity index (χ4n) is 3.67. The molecular weight excluding hydrogens is 508 g/mol. The fourth-order valence-corrected chi connectivity index (χ4v) is 4.01. The Kier molecular flexibility index (Phi) is 6.58. The summed E-state index contributed by atoms with van der Waals surface area (Å²) in [7, 11) is 1.65. The van der Waals surface area contributed by atoms with Gasteiger partial charge in [-0.3, -0.25) is 4.40 Å². The molecule has 0 saturated carbocycles. The summed E-state index contributed by atoms with van der Waals surface area (Å²) in [6, 6.07) is 20.0. The first-order valence-corrected chi connectivity index (χ1v) is 11.8. The predicted molar refractivity (Wildman–Crippen MR) is 138 cm³/mol. The van der Waals surface area contributed by atoms with Gasteiger partial charge in [-0.1, -0.05) is 52.3 Å². The number of hydrogen-bond acceptors (Lipinski definition) is 6. The van der Waals surface area contributed by atoms with E-state index in [1.165, 1.54) is 5.56 Å². The zero-order valence-electron chi connectivity index (χ0n) is 19.3. The number of pyridine rings is 1. The van der Waals surface area contributed by atoms with E-state index in [0.717, 1.165) is 38.4 Å². The highest BCUT2D eigenvalue weighted by Crippen LogP contribution is 2.25. The molecule has 3 aromatic heterocycles. The van der Waals surface area contributed by atoms with E-state index >= 15 is 0 Å². The van der Waals surface area contributed by atoms with E-state index in [1.54, 1.807) is 18.0 Å². The van der Waals surface area contributed by atoms with E-state index in [-0.39, 0.29) is 6.61 Å². The number of rotatable bonds is 8.